The van der Waals surface area contributed by atoms with Crippen LogP contribution in [0.4, 0.5) is 0 Å². The average molecular weight is 393 g/mol. The topological polar surface area (TPSA) is 32.3 Å². The predicted octanol–water partition coefficient (Wildman–Crippen LogP) is 4.92. The van der Waals surface area contributed by atoms with Crippen LogP contribution in [0.3, 0.4) is 0 Å². The van der Waals surface area contributed by atoms with Gasteiger partial charge in [-0.25, -0.2) is 0 Å². The number of halogens is 2. The van der Waals surface area contributed by atoms with Crippen molar-refractivity contribution in [1.29, 1.82) is 0 Å². The summed E-state index contributed by atoms with van der Waals surface area (Å²) >= 11 is 18.9. The van der Waals surface area contributed by atoms with Gasteiger partial charge in [-0.1, -0.05) is 53.2 Å². The van der Waals surface area contributed by atoms with Gasteiger partial charge < -0.3 is 10.2 Å². The van der Waals surface area contributed by atoms with Gasteiger partial charge in [0.15, 0.2) is 0 Å². The van der Waals surface area contributed by atoms with Crippen LogP contribution >= 0.6 is 47.2 Å². The molecule has 0 spiro atoms. The van der Waals surface area contributed by atoms with Crippen LogP contribution in [0.2, 0.25) is 10.0 Å². The molecule has 23 heavy (non-hydrogen) atoms. The summed E-state index contributed by atoms with van der Waals surface area (Å²) in [6.45, 7) is 9.53. The summed E-state index contributed by atoms with van der Waals surface area (Å²) in [7, 11) is 0. The molecule has 0 fully saturated rings. The third-order valence-electron chi connectivity index (χ3n) is 3.46. The molecule has 1 aromatic rings. The van der Waals surface area contributed by atoms with Crippen molar-refractivity contribution in [2.45, 2.75) is 39.0 Å². The van der Waals surface area contributed by atoms with Gasteiger partial charge in [0.25, 0.3) is 0 Å². The quantitative estimate of drug-likeness (QED) is 0.696. The van der Waals surface area contributed by atoms with Crippen molar-refractivity contribution in [2.75, 3.05) is 13.1 Å². The first-order valence-corrected chi connectivity index (χ1v) is 9.55. The molecular formula is C16H22Cl2N2OS2. The molecule has 2 atom stereocenters. The largest absolute Gasteiger partial charge is 0.358 e. The highest BCUT2D eigenvalue weighted by atomic mass is 35.5. The van der Waals surface area contributed by atoms with Crippen molar-refractivity contribution in [3.8, 4) is 0 Å². The summed E-state index contributed by atoms with van der Waals surface area (Å²) in [4.78, 5) is 14.4. The Balaban J connectivity index is 2.65. The Bertz CT molecular complexity index is 565. The summed E-state index contributed by atoms with van der Waals surface area (Å²) in [5.74, 6) is -0.0666. The lowest BCUT2D eigenvalue weighted by Crippen LogP contribution is -2.36. The van der Waals surface area contributed by atoms with E-state index < -0.39 is 0 Å². The fourth-order valence-electron chi connectivity index (χ4n) is 2.02. The molecule has 0 saturated carbocycles. The number of hydrogen-bond donors (Lipinski definition) is 1. The number of thioether (sulfide) groups is 1. The van der Waals surface area contributed by atoms with Gasteiger partial charge in [0.1, 0.15) is 4.32 Å². The van der Waals surface area contributed by atoms with Crippen molar-refractivity contribution in [1.82, 2.24) is 10.2 Å². The lowest BCUT2D eigenvalue weighted by molar-refractivity contribution is -0.120. The second-order valence-corrected chi connectivity index (χ2v) is 7.91. The van der Waals surface area contributed by atoms with Crippen molar-refractivity contribution < 1.29 is 4.79 Å². The standard InChI is InChI=1S/C16H22Cl2N2OS2/c1-5-20(6-2)16(22)23-11(4)15(21)19-10(3)13-8-7-12(17)9-14(13)18/h7-11H,5-6H2,1-4H3,(H,19,21)/t10-,11-/m0/s1. The van der Waals surface area contributed by atoms with Gasteiger partial charge in [-0.15, -0.1) is 0 Å². The maximum atomic E-state index is 12.4. The number of nitrogens with zero attached hydrogens (tertiary/aromatic N) is 1. The molecule has 0 aliphatic carbocycles. The van der Waals surface area contributed by atoms with Crippen LogP contribution in [0.1, 0.15) is 39.3 Å². The van der Waals surface area contributed by atoms with E-state index in [0.717, 1.165) is 23.0 Å². The number of nitrogens with one attached hydrogen (secondary N) is 1. The van der Waals surface area contributed by atoms with Crippen LogP contribution in [0.15, 0.2) is 18.2 Å². The van der Waals surface area contributed by atoms with E-state index in [0.29, 0.717) is 10.0 Å². The zero-order valence-electron chi connectivity index (χ0n) is 13.7. The molecule has 0 aromatic heterocycles. The molecule has 0 aliphatic rings. The molecule has 1 amide bonds. The Labute approximate surface area is 158 Å². The molecule has 0 radical (unpaired) electrons. The van der Waals surface area contributed by atoms with Crippen LogP contribution < -0.4 is 5.32 Å². The Kier molecular flexibility index (Phi) is 8.69. The van der Waals surface area contributed by atoms with E-state index in [4.69, 9.17) is 35.4 Å². The van der Waals surface area contributed by atoms with Gasteiger partial charge in [-0.3, -0.25) is 4.79 Å². The van der Waals surface area contributed by atoms with Gasteiger partial charge in [-0.05, 0) is 45.4 Å². The molecule has 3 nitrogen and oxygen atoms in total. The average Bonchev–Trinajstić information content (AvgIpc) is 2.47. The van der Waals surface area contributed by atoms with Gasteiger partial charge >= 0.3 is 0 Å². The number of hydrogen-bond acceptors (Lipinski definition) is 3. The molecular weight excluding hydrogens is 371 g/mol. The highest BCUT2D eigenvalue weighted by molar-refractivity contribution is 8.23. The molecule has 0 aliphatic heterocycles. The summed E-state index contributed by atoms with van der Waals surface area (Å²) in [5.41, 5.74) is 0.841. The van der Waals surface area contributed by atoms with Gasteiger partial charge in [0.05, 0.1) is 11.3 Å². The van der Waals surface area contributed by atoms with E-state index in [9.17, 15) is 4.79 Å². The van der Waals surface area contributed by atoms with E-state index in [1.165, 1.54) is 11.8 Å². The van der Waals surface area contributed by atoms with Gasteiger partial charge in [0.2, 0.25) is 5.91 Å². The Hall–Kier alpha value is -0.490. The number of rotatable bonds is 6. The first-order chi connectivity index (χ1) is 10.8. The molecule has 0 saturated heterocycles. The van der Waals surface area contributed by atoms with Crippen molar-refractivity contribution >= 4 is 57.4 Å². The summed E-state index contributed by atoms with van der Waals surface area (Å²) in [5, 5.41) is 3.82. The highest BCUT2D eigenvalue weighted by Gasteiger charge is 2.21. The second-order valence-electron chi connectivity index (χ2n) is 5.09. The van der Waals surface area contributed by atoms with E-state index >= 15 is 0 Å². The number of thiocarbonyl (C=S) groups is 1. The van der Waals surface area contributed by atoms with Crippen LogP contribution in [-0.4, -0.2) is 33.5 Å². The smallest absolute Gasteiger partial charge is 0.233 e. The minimum Gasteiger partial charge on any atom is -0.358 e. The maximum Gasteiger partial charge on any atom is 0.233 e. The fourth-order valence-corrected chi connectivity index (χ4v) is 4.17. The third kappa shape index (κ3) is 6.14. The van der Waals surface area contributed by atoms with Crippen LogP contribution in [-0.2, 0) is 4.79 Å². The lowest BCUT2D eigenvalue weighted by Gasteiger charge is -2.24. The monoisotopic (exact) mass is 392 g/mol. The minimum atomic E-state index is -0.267. The highest BCUT2D eigenvalue weighted by Crippen LogP contribution is 2.26. The number of benzene rings is 1. The molecule has 128 valence electrons. The Morgan fingerprint density at radius 3 is 2.43 bits per heavy atom. The molecule has 1 rings (SSSR count). The normalized spacial score (nSPS) is 13.3. The first kappa shape index (κ1) is 20.6. The summed E-state index contributed by atoms with van der Waals surface area (Å²) in [6.07, 6.45) is 0. The van der Waals surface area contributed by atoms with Gasteiger partial charge in [-0.2, -0.15) is 0 Å². The molecule has 7 heteroatoms. The summed E-state index contributed by atoms with van der Waals surface area (Å²) < 4.78 is 0.745. The SMILES string of the molecule is CCN(CC)C(=S)S[C@@H](C)C(=O)N[C@@H](C)c1ccc(Cl)cc1Cl. The van der Waals surface area contributed by atoms with Crippen molar-refractivity contribution in [3.05, 3.63) is 33.8 Å². The maximum absolute atomic E-state index is 12.4. The molecule has 0 unspecified atom stereocenters. The Morgan fingerprint density at radius 1 is 1.30 bits per heavy atom. The van der Waals surface area contributed by atoms with E-state index in [1.807, 2.05) is 33.8 Å². The van der Waals surface area contributed by atoms with Crippen molar-refractivity contribution in [3.63, 3.8) is 0 Å². The molecule has 0 bridgehead atoms. The third-order valence-corrected chi connectivity index (χ3v) is 5.59. The molecule has 1 aromatic carbocycles. The van der Waals surface area contributed by atoms with Crippen LogP contribution in [0, 0.1) is 0 Å². The first-order valence-electron chi connectivity index (χ1n) is 7.51. The fraction of sp³-hybridized carbons (Fsp3) is 0.500. The zero-order chi connectivity index (χ0) is 17.6. The lowest BCUT2D eigenvalue weighted by atomic mass is 10.1. The molecule has 0 heterocycles. The molecule has 1 N–H and O–H groups in total. The van der Waals surface area contributed by atoms with Crippen molar-refractivity contribution in [2.24, 2.45) is 0 Å². The second kappa shape index (κ2) is 9.72. The van der Waals surface area contributed by atoms with Crippen LogP contribution in [0.5, 0.6) is 0 Å². The zero-order valence-corrected chi connectivity index (χ0v) is 16.9. The Morgan fingerprint density at radius 2 is 1.91 bits per heavy atom. The number of carbonyl (C=O) groups excluding carboxylic acids is 1. The van der Waals surface area contributed by atoms with Crippen LogP contribution in [0.25, 0.3) is 0 Å². The van der Waals surface area contributed by atoms with E-state index in [-0.39, 0.29) is 17.2 Å². The summed E-state index contributed by atoms with van der Waals surface area (Å²) in [6, 6.07) is 5.07. The van der Waals surface area contributed by atoms with E-state index in [1.54, 1.807) is 12.1 Å². The predicted molar refractivity (Wildman–Crippen MR) is 106 cm³/mol. The van der Waals surface area contributed by atoms with Gasteiger partial charge in [0, 0.05) is 23.1 Å². The van der Waals surface area contributed by atoms with E-state index in [2.05, 4.69) is 10.2 Å². The number of amides is 1. The number of carbonyl (C=O) groups is 1. The minimum absolute atomic E-state index is 0.0666.